The summed E-state index contributed by atoms with van der Waals surface area (Å²) in [5, 5.41) is 0. The van der Waals surface area contributed by atoms with E-state index < -0.39 is 0 Å². The van der Waals surface area contributed by atoms with Gasteiger partial charge in [-0.3, -0.25) is 0 Å². The van der Waals surface area contributed by atoms with E-state index in [1.54, 1.807) is 0 Å². The minimum Gasteiger partial charge on any atom is -0.412 e. The monoisotopic (exact) mass is 405 g/mol. The van der Waals surface area contributed by atoms with Crippen LogP contribution in [0.2, 0.25) is 0 Å². The minimum absolute atomic E-state index is 0. The van der Waals surface area contributed by atoms with E-state index in [0.717, 1.165) is 0 Å². The molecule has 0 bridgehead atoms. The largest absolute Gasteiger partial charge is 0.412 e. The van der Waals surface area contributed by atoms with Gasteiger partial charge in [0.1, 0.15) is 0 Å². The maximum atomic E-state index is 0. The Hall–Kier alpha value is 3.37. The van der Waals surface area contributed by atoms with Gasteiger partial charge in [-0.05, 0) is 0 Å². The summed E-state index contributed by atoms with van der Waals surface area (Å²) in [4.78, 5) is 0. The van der Waals surface area contributed by atoms with E-state index >= 15 is 0 Å². The van der Waals surface area contributed by atoms with Gasteiger partial charge in [-0.25, -0.2) is 0 Å². The van der Waals surface area contributed by atoms with E-state index in [2.05, 4.69) is 0 Å². The first-order valence-corrected chi connectivity index (χ1v) is 0. The summed E-state index contributed by atoms with van der Waals surface area (Å²) in [6, 6.07) is 0. The van der Waals surface area contributed by atoms with Crippen molar-refractivity contribution in [3.63, 3.8) is 0 Å². The second kappa shape index (κ2) is 26.3. The van der Waals surface area contributed by atoms with Crippen molar-refractivity contribution in [2.24, 2.45) is 0 Å². The summed E-state index contributed by atoms with van der Waals surface area (Å²) in [5.41, 5.74) is 0. The maximum Gasteiger partial charge on any atom is 0 e. The Balaban J connectivity index is 0. The standard InChI is InChI=1S/Ce.La.2H2O.Zr/h;;2*1H2;. The van der Waals surface area contributed by atoms with Crippen molar-refractivity contribution in [2.75, 3.05) is 0 Å². The third kappa shape index (κ3) is 18.7. The average molecular weight is 406 g/mol. The predicted molar refractivity (Wildman–Crippen MR) is 7.23 cm³/mol. The third-order valence-corrected chi connectivity index (χ3v) is 0. The second-order valence-electron chi connectivity index (χ2n) is 0. The Kier molecular flexibility index (Phi) is 210. The molecule has 0 aromatic carbocycles. The van der Waals surface area contributed by atoms with Crippen LogP contribution in [-0.4, -0.2) is 11.0 Å². The summed E-state index contributed by atoms with van der Waals surface area (Å²) in [6.45, 7) is 0. The molecule has 27 valence electrons. The van der Waals surface area contributed by atoms with E-state index in [0.29, 0.717) is 0 Å². The Morgan fingerprint density at radius 2 is 0.800 bits per heavy atom. The first-order valence-electron chi connectivity index (χ1n) is 0. The molecule has 0 amide bonds. The first-order chi connectivity index (χ1) is 0. The molecule has 4 N–H and O–H groups in total. The summed E-state index contributed by atoms with van der Waals surface area (Å²) < 4.78 is 0. The Bertz CT molecular complexity index is 9.61. The molecule has 0 fully saturated rings. The fraction of sp³-hybridized carbons (Fsp3) is 0. The summed E-state index contributed by atoms with van der Waals surface area (Å²) in [5.74, 6) is 0. The van der Waals surface area contributed by atoms with Crippen molar-refractivity contribution in [2.45, 2.75) is 0 Å². The van der Waals surface area contributed by atoms with E-state index in [9.17, 15) is 0 Å². The molecule has 2 nitrogen and oxygen atoms in total. The van der Waals surface area contributed by atoms with Gasteiger partial charge in [-0.2, -0.15) is 0 Å². The van der Waals surface area contributed by atoms with Gasteiger partial charge in [0.15, 0.2) is 0 Å². The SMILES string of the molecule is O.O.[Ce].[La].[Zr]. The molecule has 0 aliphatic rings. The molecule has 1 radical (unpaired) electrons. The van der Waals surface area contributed by atoms with Crippen LogP contribution in [0.15, 0.2) is 0 Å². The molecule has 0 heterocycles. The van der Waals surface area contributed by atoms with Gasteiger partial charge in [0.05, 0.1) is 0 Å². The topological polar surface area (TPSA) is 63.0 Å². The molecule has 0 saturated heterocycles. The van der Waals surface area contributed by atoms with Crippen molar-refractivity contribution >= 4 is 0 Å². The molecule has 0 atom stereocenters. The number of hydrogen-bond donors (Lipinski definition) is 0. The predicted octanol–water partition coefficient (Wildman–Crippen LogP) is -1.65. The van der Waals surface area contributed by atoms with Crippen LogP contribution in [0.4, 0.5) is 0 Å². The van der Waals surface area contributed by atoms with Crippen molar-refractivity contribution in [3.8, 4) is 0 Å². The van der Waals surface area contributed by atoms with Gasteiger partial charge in [-0.1, -0.05) is 0 Å². The Morgan fingerprint density at radius 1 is 0.800 bits per heavy atom. The smallest absolute Gasteiger partial charge is 0 e. The molecule has 0 aliphatic heterocycles. The minimum atomic E-state index is 0. The van der Waals surface area contributed by atoms with E-state index in [1.807, 2.05) is 0 Å². The van der Waals surface area contributed by atoms with Gasteiger partial charge in [0.25, 0.3) is 0 Å². The average Bonchev–Trinajstić information content (AvgIpc) is 0. The van der Waals surface area contributed by atoms with Crippen LogP contribution in [0, 0.1) is 77.3 Å². The normalized spacial score (nSPS) is 0. The van der Waals surface area contributed by atoms with Gasteiger partial charge < -0.3 is 11.0 Å². The van der Waals surface area contributed by atoms with Crippen LogP contribution < -0.4 is 0 Å². The molecule has 0 aromatic heterocycles. The zero-order valence-corrected chi connectivity index (χ0v) is 11.8. The Labute approximate surface area is 112 Å². The third-order valence-electron chi connectivity index (χ3n) is 0. The fourth-order valence-electron chi connectivity index (χ4n) is 0. The van der Waals surface area contributed by atoms with Crippen molar-refractivity contribution in [3.05, 3.63) is 0 Å². The Morgan fingerprint density at radius 3 is 0.800 bits per heavy atom. The number of rotatable bonds is 0. The summed E-state index contributed by atoms with van der Waals surface area (Å²) in [6.07, 6.45) is 0. The van der Waals surface area contributed by atoms with Crippen LogP contribution >= 0.6 is 0 Å². The molecule has 0 aliphatic carbocycles. The molecular formula is H4CeLaO2Zr. The van der Waals surface area contributed by atoms with E-state index in [4.69, 9.17) is 0 Å². The van der Waals surface area contributed by atoms with Gasteiger partial charge in [-0.15, -0.1) is 0 Å². The molecular weight excluding hydrogens is 402 g/mol. The molecule has 0 spiro atoms. The second-order valence-corrected chi connectivity index (χ2v) is 0. The molecule has 0 unspecified atom stereocenters. The van der Waals surface area contributed by atoms with Crippen LogP contribution in [0.3, 0.4) is 0 Å². The van der Waals surface area contributed by atoms with Crippen LogP contribution in [0.1, 0.15) is 0 Å². The van der Waals surface area contributed by atoms with Crippen molar-refractivity contribution in [1.29, 1.82) is 0 Å². The molecule has 0 aromatic rings. The summed E-state index contributed by atoms with van der Waals surface area (Å²) in [7, 11) is 0. The van der Waals surface area contributed by atoms with Gasteiger partial charge in [0.2, 0.25) is 0 Å². The van der Waals surface area contributed by atoms with Crippen molar-refractivity contribution in [1.82, 2.24) is 0 Å². The van der Waals surface area contributed by atoms with E-state index in [1.165, 1.54) is 0 Å². The summed E-state index contributed by atoms with van der Waals surface area (Å²) >= 11 is 0. The first kappa shape index (κ1) is 40.0. The van der Waals surface area contributed by atoms with Gasteiger partial charge in [0, 0.05) is 104 Å². The zero-order valence-electron chi connectivity index (χ0n) is 2.58. The quantitative estimate of drug-likeness (QED) is 0.463. The van der Waals surface area contributed by atoms with Crippen LogP contribution in [0.25, 0.3) is 0 Å². The van der Waals surface area contributed by atoms with E-state index in [-0.39, 0.29) is 115 Å². The maximum absolute atomic E-state index is 0. The molecule has 5 heavy (non-hydrogen) atoms. The van der Waals surface area contributed by atoms with Crippen molar-refractivity contribution < 1.29 is 115 Å². The number of hydrogen-bond acceptors (Lipinski definition) is 0. The molecule has 5 heteroatoms. The molecule has 0 saturated carbocycles. The molecule has 0 rings (SSSR count). The van der Waals surface area contributed by atoms with Crippen LogP contribution in [-0.2, 0) is 26.2 Å². The van der Waals surface area contributed by atoms with Crippen LogP contribution in [0.5, 0.6) is 0 Å². The fourth-order valence-corrected chi connectivity index (χ4v) is 0. The van der Waals surface area contributed by atoms with Gasteiger partial charge >= 0.3 is 0 Å². The zero-order chi connectivity index (χ0) is 0.